The zero-order valence-electron chi connectivity index (χ0n) is 20.9. The molecule has 39 heavy (non-hydrogen) atoms. The van der Waals surface area contributed by atoms with Crippen LogP contribution in [0.4, 0.5) is 17.1 Å². The lowest BCUT2D eigenvalue weighted by atomic mass is 10.1. The molecule has 0 bridgehead atoms. The van der Waals surface area contributed by atoms with Gasteiger partial charge in [-0.2, -0.15) is 0 Å². The monoisotopic (exact) mass is 539 g/mol. The lowest BCUT2D eigenvalue weighted by Gasteiger charge is -2.18. The average molecular weight is 540 g/mol. The number of hydrogen-bond acceptors (Lipinski definition) is 5. The molecule has 4 rings (SSSR count). The Labute approximate surface area is 229 Å². The van der Waals surface area contributed by atoms with Crippen LogP contribution in [0, 0.1) is 0 Å². The van der Waals surface area contributed by atoms with Gasteiger partial charge in [0.1, 0.15) is 5.25 Å². The van der Waals surface area contributed by atoms with E-state index >= 15 is 0 Å². The van der Waals surface area contributed by atoms with Crippen molar-refractivity contribution < 1.29 is 24.3 Å². The Morgan fingerprint density at radius 2 is 1.28 bits per heavy atom. The molecule has 8 nitrogen and oxygen atoms in total. The van der Waals surface area contributed by atoms with Gasteiger partial charge in [0.05, 0.1) is 11.1 Å². The van der Waals surface area contributed by atoms with Crippen LogP contribution in [0.3, 0.4) is 0 Å². The van der Waals surface area contributed by atoms with Crippen molar-refractivity contribution in [2.24, 2.45) is 0 Å². The lowest BCUT2D eigenvalue weighted by Crippen LogP contribution is -2.19. The van der Waals surface area contributed by atoms with Crippen LogP contribution in [-0.2, 0) is 9.59 Å². The van der Waals surface area contributed by atoms with E-state index in [2.05, 4.69) is 16.0 Å². The molecular formula is C30H25N3O5S. The standard InChI is InChI=1S/C30H25N3O5S/c1-19(34)31-21-14-16-22(17-15-21)32-29(36)27(20-8-3-2-4-9-20)39-24-11-7-10-23(18-24)33-28(35)25-12-5-6-13-26(25)30(37)38/h2-18,27H,1H3,(H,31,34)(H,32,36)(H,33,35)(H,37,38). The van der Waals surface area contributed by atoms with Crippen molar-refractivity contribution in [1.82, 2.24) is 0 Å². The summed E-state index contributed by atoms with van der Waals surface area (Å²) in [4.78, 5) is 49.7. The molecule has 0 heterocycles. The molecule has 0 spiro atoms. The van der Waals surface area contributed by atoms with Gasteiger partial charge in [0.2, 0.25) is 11.8 Å². The van der Waals surface area contributed by atoms with Gasteiger partial charge >= 0.3 is 5.97 Å². The Kier molecular flexibility index (Phi) is 8.75. The molecule has 0 saturated carbocycles. The molecule has 4 aromatic rings. The van der Waals surface area contributed by atoms with Crippen LogP contribution in [0.1, 0.15) is 38.5 Å². The summed E-state index contributed by atoms with van der Waals surface area (Å²) in [5, 5.41) is 17.2. The first kappa shape index (κ1) is 27.2. The molecular weight excluding hydrogens is 514 g/mol. The third-order valence-electron chi connectivity index (χ3n) is 5.56. The second-order valence-electron chi connectivity index (χ2n) is 8.49. The molecule has 4 N–H and O–H groups in total. The molecule has 3 amide bonds. The minimum Gasteiger partial charge on any atom is -0.478 e. The maximum atomic E-state index is 13.4. The molecule has 0 aliphatic carbocycles. The molecule has 0 radical (unpaired) electrons. The predicted octanol–water partition coefficient (Wildman–Crippen LogP) is 6.07. The number of amides is 3. The van der Waals surface area contributed by atoms with Crippen LogP contribution in [0.25, 0.3) is 0 Å². The van der Waals surface area contributed by atoms with E-state index in [1.54, 1.807) is 54.6 Å². The quantitative estimate of drug-likeness (QED) is 0.192. The highest BCUT2D eigenvalue weighted by Crippen LogP contribution is 2.37. The summed E-state index contributed by atoms with van der Waals surface area (Å²) >= 11 is 1.31. The van der Waals surface area contributed by atoms with Crippen LogP contribution in [-0.4, -0.2) is 28.8 Å². The predicted molar refractivity (Wildman–Crippen MR) is 152 cm³/mol. The van der Waals surface area contributed by atoms with Crippen molar-refractivity contribution in [1.29, 1.82) is 0 Å². The normalized spacial score (nSPS) is 11.2. The first-order chi connectivity index (χ1) is 18.8. The summed E-state index contributed by atoms with van der Waals surface area (Å²) in [7, 11) is 0. The molecule has 196 valence electrons. The molecule has 4 aromatic carbocycles. The molecule has 0 saturated heterocycles. The number of carboxylic acids is 1. The fourth-order valence-electron chi connectivity index (χ4n) is 3.80. The largest absolute Gasteiger partial charge is 0.478 e. The number of rotatable bonds is 9. The minimum atomic E-state index is -1.19. The number of thioether (sulfide) groups is 1. The van der Waals surface area contributed by atoms with Gasteiger partial charge in [0.15, 0.2) is 0 Å². The highest BCUT2D eigenvalue weighted by atomic mass is 32.2. The van der Waals surface area contributed by atoms with E-state index in [4.69, 9.17) is 0 Å². The summed E-state index contributed by atoms with van der Waals surface area (Å²) in [5.41, 5.74) is 2.42. The second kappa shape index (κ2) is 12.6. The third-order valence-corrected chi connectivity index (χ3v) is 6.81. The van der Waals surface area contributed by atoms with Crippen LogP contribution in [0.15, 0.2) is 108 Å². The average Bonchev–Trinajstić information content (AvgIpc) is 2.93. The Hall–Kier alpha value is -4.89. The van der Waals surface area contributed by atoms with Gasteiger partial charge in [-0.1, -0.05) is 48.5 Å². The van der Waals surface area contributed by atoms with Crippen molar-refractivity contribution in [2.45, 2.75) is 17.1 Å². The fourth-order valence-corrected chi connectivity index (χ4v) is 4.88. The van der Waals surface area contributed by atoms with E-state index in [9.17, 15) is 24.3 Å². The number of benzene rings is 4. The SMILES string of the molecule is CC(=O)Nc1ccc(NC(=O)C(Sc2cccc(NC(=O)c3ccccc3C(=O)O)c2)c2ccccc2)cc1. The van der Waals surface area contributed by atoms with Gasteiger partial charge in [-0.3, -0.25) is 14.4 Å². The number of nitrogens with one attached hydrogen (secondary N) is 3. The second-order valence-corrected chi connectivity index (χ2v) is 9.67. The number of aromatic carboxylic acids is 1. The van der Waals surface area contributed by atoms with Crippen molar-refractivity contribution >= 4 is 52.5 Å². The van der Waals surface area contributed by atoms with E-state index in [1.807, 2.05) is 36.4 Å². The number of carbonyl (C=O) groups is 4. The number of anilines is 3. The summed E-state index contributed by atoms with van der Waals surface area (Å²) in [6.45, 7) is 1.42. The van der Waals surface area contributed by atoms with Crippen LogP contribution < -0.4 is 16.0 Å². The number of carbonyl (C=O) groups excluding carboxylic acids is 3. The first-order valence-electron chi connectivity index (χ1n) is 11.9. The Balaban J connectivity index is 1.53. The minimum absolute atomic E-state index is 0.0501. The Morgan fingerprint density at radius 3 is 1.92 bits per heavy atom. The summed E-state index contributed by atoms with van der Waals surface area (Å²) < 4.78 is 0. The van der Waals surface area contributed by atoms with E-state index in [0.29, 0.717) is 17.1 Å². The molecule has 1 unspecified atom stereocenters. The van der Waals surface area contributed by atoms with Gasteiger partial charge in [0, 0.05) is 28.9 Å². The van der Waals surface area contributed by atoms with Gasteiger partial charge < -0.3 is 21.1 Å². The van der Waals surface area contributed by atoms with Gasteiger partial charge in [-0.25, -0.2) is 4.79 Å². The summed E-state index contributed by atoms with van der Waals surface area (Å²) in [6, 6.07) is 29.1. The zero-order chi connectivity index (χ0) is 27.8. The fraction of sp³-hybridized carbons (Fsp3) is 0.0667. The van der Waals surface area contributed by atoms with Crippen molar-refractivity contribution in [2.75, 3.05) is 16.0 Å². The van der Waals surface area contributed by atoms with Crippen LogP contribution >= 0.6 is 11.8 Å². The van der Waals surface area contributed by atoms with E-state index in [1.165, 1.54) is 30.8 Å². The number of carboxylic acid groups (broad SMARTS) is 1. The van der Waals surface area contributed by atoms with Gasteiger partial charge in [-0.15, -0.1) is 11.8 Å². The lowest BCUT2D eigenvalue weighted by molar-refractivity contribution is -0.116. The summed E-state index contributed by atoms with van der Waals surface area (Å²) in [5.74, 6) is -2.16. The van der Waals surface area contributed by atoms with Gasteiger partial charge in [0.25, 0.3) is 5.91 Å². The highest BCUT2D eigenvalue weighted by Gasteiger charge is 2.23. The van der Waals surface area contributed by atoms with Gasteiger partial charge in [-0.05, 0) is 60.2 Å². The van der Waals surface area contributed by atoms with E-state index in [-0.39, 0.29) is 22.9 Å². The summed E-state index contributed by atoms with van der Waals surface area (Å²) in [6.07, 6.45) is 0. The molecule has 0 aliphatic heterocycles. The number of hydrogen-bond donors (Lipinski definition) is 4. The van der Waals surface area contributed by atoms with Crippen LogP contribution in [0.5, 0.6) is 0 Å². The van der Waals surface area contributed by atoms with E-state index in [0.717, 1.165) is 10.5 Å². The molecule has 9 heteroatoms. The Morgan fingerprint density at radius 1 is 0.667 bits per heavy atom. The smallest absolute Gasteiger partial charge is 0.336 e. The maximum Gasteiger partial charge on any atom is 0.336 e. The zero-order valence-corrected chi connectivity index (χ0v) is 21.7. The molecule has 0 aromatic heterocycles. The highest BCUT2D eigenvalue weighted by molar-refractivity contribution is 8.00. The molecule has 1 atom stereocenters. The van der Waals surface area contributed by atoms with Crippen LogP contribution in [0.2, 0.25) is 0 Å². The topological polar surface area (TPSA) is 125 Å². The first-order valence-corrected chi connectivity index (χ1v) is 12.8. The molecule has 0 fully saturated rings. The van der Waals surface area contributed by atoms with Crippen molar-refractivity contribution in [3.8, 4) is 0 Å². The third kappa shape index (κ3) is 7.33. The van der Waals surface area contributed by atoms with Crippen molar-refractivity contribution in [3.05, 3.63) is 120 Å². The van der Waals surface area contributed by atoms with Crippen molar-refractivity contribution in [3.63, 3.8) is 0 Å². The molecule has 0 aliphatic rings. The Bertz CT molecular complexity index is 1510. The van der Waals surface area contributed by atoms with E-state index < -0.39 is 17.1 Å². The maximum absolute atomic E-state index is 13.4.